The van der Waals surface area contributed by atoms with E-state index < -0.39 is 5.97 Å². The van der Waals surface area contributed by atoms with Crippen molar-refractivity contribution in [3.8, 4) is 0 Å². The molecule has 1 N–H and O–H groups in total. The van der Waals surface area contributed by atoms with Crippen LogP contribution >= 0.6 is 0 Å². The van der Waals surface area contributed by atoms with Gasteiger partial charge in [-0.1, -0.05) is 13.3 Å². The van der Waals surface area contributed by atoms with Crippen LogP contribution in [0.5, 0.6) is 0 Å². The lowest BCUT2D eigenvalue weighted by molar-refractivity contribution is -0.138. The molecule has 100 valence electrons. The molecule has 0 aliphatic carbocycles. The van der Waals surface area contributed by atoms with Gasteiger partial charge in [0.2, 0.25) is 0 Å². The van der Waals surface area contributed by atoms with Gasteiger partial charge in [-0.05, 0) is 27.2 Å². The first-order chi connectivity index (χ1) is 7.81. The molecule has 0 saturated heterocycles. The molecule has 5 nitrogen and oxygen atoms in total. The largest absolute Gasteiger partial charge is 0.480 e. The van der Waals surface area contributed by atoms with Gasteiger partial charge in [-0.2, -0.15) is 0 Å². The van der Waals surface area contributed by atoms with Crippen LogP contribution in [0.1, 0.15) is 40.5 Å². The van der Waals surface area contributed by atoms with E-state index in [1.165, 1.54) is 4.90 Å². The van der Waals surface area contributed by atoms with Crippen LogP contribution in [0.4, 0.5) is 4.79 Å². The number of nitrogens with zero attached hydrogens (tertiary/aromatic N) is 2. The second-order valence-corrected chi connectivity index (χ2v) is 4.65. The molecule has 0 rings (SSSR count). The molecule has 0 aliphatic rings. The Morgan fingerprint density at radius 2 is 1.76 bits per heavy atom. The highest BCUT2D eigenvalue weighted by Crippen LogP contribution is 2.09. The minimum atomic E-state index is -0.983. The number of aliphatic carboxylic acids is 1. The van der Waals surface area contributed by atoms with Gasteiger partial charge in [0.1, 0.15) is 6.54 Å². The van der Waals surface area contributed by atoms with Crippen molar-refractivity contribution in [1.29, 1.82) is 0 Å². The van der Waals surface area contributed by atoms with Crippen LogP contribution in [-0.2, 0) is 4.79 Å². The van der Waals surface area contributed by atoms with Crippen molar-refractivity contribution < 1.29 is 14.7 Å². The van der Waals surface area contributed by atoms with E-state index in [1.807, 2.05) is 20.8 Å². The van der Waals surface area contributed by atoms with Crippen LogP contribution in [-0.4, -0.2) is 52.6 Å². The first kappa shape index (κ1) is 15.7. The van der Waals surface area contributed by atoms with E-state index in [4.69, 9.17) is 5.11 Å². The summed E-state index contributed by atoms with van der Waals surface area (Å²) in [6.07, 6.45) is 1.92. The molecule has 17 heavy (non-hydrogen) atoms. The van der Waals surface area contributed by atoms with Crippen molar-refractivity contribution in [2.75, 3.05) is 13.6 Å². The Bertz CT molecular complexity index is 266. The summed E-state index contributed by atoms with van der Waals surface area (Å²) >= 11 is 0. The third kappa shape index (κ3) is 5.06. The number of carbonyl (C=O) groups excluding carboxylic acids is 1. The van der Waals surface area contributed by atoms with Gasteiger partial charge < -0.3 is 14.9 Å². The van der Waals surface area contributed by atoms with Gasteiger partial charge >= 0.3 is 12.0 Å². The summed E-state index contributed by atoms with van der Waals surface area (Å²) in [7, 11) is 1.72. The van der Waals surface area contributed by atoms with E-state index in [0.29, 0.717) is 0 Å². The van der Waals surface area contributed by atoms with E-state index in [1.54, 1.807) is 11.9 Å². The molecule has 0 radical (unpaired) electrons. The third-order valence-electron chi connectivity index (χ3n) is 2.84. The number of hydrogen-bond donors (Lipinski definition) is 1. The van der Waals surface area contributed by atoms with Gasteiger partial charge in [0.05, 0.1) is 0 Å². The molecule has 0 aromatic rings. The maximum Gasteiger partial charge on any atom is 0.323 e. The average Bonchev–Trinajstić information content (AvgIpc) is 2.23. The highest BCUT2D eigenvalue weighted by Gasteiger charge is 2.25. The van der Waals surface area contributed by atoms with Crippen molar-refractivity contribution in [1.82, 2.24) is 9.80 Å². The lowest BCUT2D eigenvalue weighted by Gasteiger charge is -2.33. The Morgan fingerprint density at radius 1 is 1.24 bits per heavy atom. The highest BCUT2D eigenvalue weighted by molar-refractivity contribution is 5.80. The quantitative estimate of drug-likeness (QED) is 0.777. The molecule has 5 heteroatoms. The third-order valence-corrected chi connectivity index (χ3v) is 2.84. The molecular formula is C12H24N2O3. The zero-order chi connectivity index (χ0) is 13.6. The van der Waals surface area contributed by atoms with Crippen LogP contribution in [0.15, 0.2) is 0 Å². The summed E-state index contributed by atoms with van der Waals surface area (Å²) in [5.41, 5.74) is 0. The number of hydrogen-bond acceptors (Lipinski definition) is 2. The average molecular weight is 244 g/mol. The molecule has 1 atom stereocenters. The van der Waals surface area contributed by atoms with Crippen molar-refractivity contribution >= 4 is 12.0 Å². The van der Waals surface area contributed by atoms with Crippen LogP contribution in [0.3, 0.4) is 0 Å². The summed E-state index contributed by atoms with van der Waals surface area (Å²) in [5.74, 6) is -0.983. The SMILES string of the molecule is CCCC(C)N(C)C(=O)N(CC(=O)O)C(C)C. The van der Waals surface area contributed by atoms with Gasteiger partial charge in [-0.15, -0.1) is 0 Å². The van der Waals surface area contributed by atoms with E-state index in [-0.39, 0.29) is 24.7 Å². The summed E-state index contributed by atoms with van der Waals surface area (Å²) in [6.45, 7) is 7.42. The van der Waals surface area contributed by atoms with Crippen LogP contribution in [0, 0.1) is 0 Å². The van der Waals surface area contributed by atoms with Gasteiger partial charge in [-0.3, -0.25) is 4.79 Å². The van der Waals surface area contributed by atoms with E-state index >= 15 is 0 Å². The Morgan fingerprint density at radius 3 is 2.12 bits per heavy atom. The second kappa shape index (κ2) is 7.14. The van der Waals surface area contributed by atoms with E-state index in [0.717, 1.165) is 12.8 Å². The minimum absolute atomic E-state index is 0.116. The van der Waals surface area contributed by atoms with Crippen molar-refractivity contribution in [2.45, 2.75) is 52.6 Å². The number of carbonyl (C=O) groups is 2. The highest BCUT2D eigenvalue weighted by atomic mass is 16.4. The molecule has 1 unspecified atom stereocenters. The Labute approximate surface area is 103 Å². The predicted molar refractivity (Wildman–Crippen MR) is 67.0 cm³/mol. The first-order valence-electron chi connectivity index (χ1n) is 6.06. The molecule has 0 saturated carbocycles. The number of amides is 2. The fourth-order valence-electron chi connectivity index (χ4n) is 1.62. The molecular weight excluding hydrogens is 220 g/mol. The smallest absolute Gasteiger partial charge is 0.323 e. The van der Waals surface area contributed by atoms with Crippen LogP contribution in [0.25, 0.3) is 0 Å². The molecule has 0 aliphatic heterocycles. The number of rotatable bonds is 6. The Hall–Kier alpha value is -1.26. The summed E-state index contributed by atoms with van der Waals surface area (Å²) in [4.78, 5) is 25.8. The van der Waals surface area contributed by atoms with E-state index in [2.05, 4.69) is 6.92 Å². The Kier molecular flexibility index (Phi) is 6.61. The zero-order valence-corrected chi connectivity index (χ0v) is 11.4. The maximum absolute atomic E-state index is 12.1. The summed E-state index contributed by atoms with van der Waals surface area (Å²) < 4.78 is 0. The molecule has 0 aromatic carbocycles. The van der Waals surface area contributed by atoms with Gasteiger partial charge in [-0.25, -0.2) is 4.79 Å². The molecule has 2 amide bonds. The summed E-state index contributed by atoms with van der Waals surface area (Å²) in [6, 6.07) is -0.208. The lowest BCUT2D eigenvalue weighted by atomic mass is 10.2. The molecule has 0 bridgehead atoms. The fourth-order valence-corrected chi connectivity index (χ4v) is 1.62. The molecule has 0 spiro atoms. The van der Waals surface area contributed by atoms with Gasteiger partial charge in [0.15, 0.2) is 0 Å². The standard InChI is InChI=1S/C12H24N2O3/c1-6-7-10(4)13(5)12(17)14(9(2)3)8-11(15)16/h9-10H,6-8H2,1-5H3,(H,15,16). The number of carboxylic acid groups (broad SMARTS) is 1. The first-order valence-corrected chi connectivity index (χ1v) is 6.06. The van der Waals surface area contributed by atoms with Crippen LogP contribution < -0.4 is 0 Å². The van der Waals surface area contributed by atoms with Crippen molar-refractivity contribution in [2.24, 2.45) is 0 Å². The van der Waals surface area contributed by atoms with Gasteiger partial charge in [0, 0.05) is 19.1 Å². The van der Waals surface area contributed by atoms with Crippen molar-refractivity contribution in [3.05, 3.63) is 0 Å². The summed E-state index contributed by atoms with van der Waals surface area (Å²) in [5, 5.41) is 8.79. The van der Waals surface area contributed by atoms with Crippen LogP contribution in [0.2, 0.25) is 0 Å². The monoisotopic (exact) mass is 244 g/mol. The maximum atomic E-state index is 12.1. The Balaban J connectivity index is 4.65. The second-order valence-electron chi connectivity index (χ2n) is 4.65. The van der Waals surface area contributed by atoms with Crippen molar-refractivity contribution in [3.63, 3.8) is 0 Å². The number of carboxylic acids is 1. The normalized spacial score (nSPS) is 12.4. The molecule has 0 fully saturated rings. The molecule has 0 aromatic heterocycles. The predicted octanol–water partition coefficient (Wildman–Crippen LogP) is 2.02. The van der Waals surface area contributed by atoms with Gasteiger partial charge in [0.25, 0.3) is 0 Å². The zero-order valence-electron chi connectivity index (χ0n) is 11.4. The molecule has 0 heterocycles. The number of urea groups is 1. The minimum Gasteiger partial charge on any atom is -0.480 e. The fraction of sp³-hybridized carbons (Fsp3) is 0.833. The lowest BCUT2D eigenvalue weighted by Crippen LogP contribution is -2.49. The topological polar surface area (TPSA) is 60.9 Å². The van der Waals surface area contributed by atoms with E-state index in [9.17, 15) is 9.59 Å².